The van der Waals surface area contributed by atoms with Crippen molar-refractivity contribution < 1.29 is 28.2 Å². The smallest absolute Gasteiger partial charge is 0.329 e. The summed E-state index contributed by atoms with van der Waals surface area (Å²) in [4.78, 5) is 37.8. The molecule has 0 spiro atoms. The van der Waals surface area contributed by atoms with Crippen molar-refractivity contribution in [3.63, 3.8) is 0 Å². The molecule has 27 heavy (non-hydrogen) atoms. The van der Waals surface area contributed by atoms with E-state index in [-0.39, 0.29) is 30.2 Å². The Bertz CT molecular complexity index is 830. The summed E-state index contributed by atoms with van der Waals surface area (Å²) in [5, 5.41) is 0. The summed E-state index contributed by atoms with van der Waals surface area (Å²) in [7, 11) is 0. The van der Waals surface area contributed by atoms with E-state index in [9.17, 15) is 18.8 Å². The summed E-state index contributed by atoms with van der Waals surface area (Å²) in [5.74, 6) is -1.49. The van der Waals surface area contributed by atoms with Crippen molar-refractivity contribution in [2.45, 2.75) is 19.4 Å². The van der Waals surface area contributed by atoms with Gasteiger partial charge < -0.3 is 9.47 Å². The molecule has 3 rings (SSSR count). The Labute approximate surface area is 155 Å². The highest BCUT2D eigenvalue weighted by Crippen LogP contribution is 2.24. The van der Waals surface area contributed by atoms with Gasteiger partial charge in [-0.3, -0.25) is 14.5 Å². The Morgan fingerprint density at radius 3 is 2.19 bits per heavy atom. The second kappa shape index (κ2) is 7.99. The van der Waals surface area contributed by atoms with Crippen LogP contribution in [0.25, 0.3) is 0 Å². The lowest BCUT2D eigenvalue weighted by Gasteiger charge is -2.20. The van der Waals surface area contributed by atoms with E-state index < -0.39 is 23.8 Å². The van der Waals surface area contributed by atoms with Gasteiger partial charge in [-0.1, -0.05) is 12.1 Å². The first-order valence-corrected chi connectivity index (χ1v) is 8.51. The van der Waals surface area contributed by atoms with E-state index in [0.29, 0.717) is 12.2 Å². The molecule has 1 aliphatic heterocycles. The fourth-order valence-electron chi connectivity index (χ4n) is 2.74. The van der Waals surface area contributed by atoms with Crippen molar-refractivity contribution >= 4 is 17.8 Å². The average molecular weight is 371 g/mol. The summed E-state index contributed by atoms with van der Waals surface area (Å²) in [6.07, 6.45) is 0.415. The Kier molecular flexibility index (Phi) is 5.49. The molecular formula is C20H18FNO5. The first-order chi connectivity index (χ1) is 13.0. The van der Waals surface area contributed by atoms with Crippen LogP contribution in [-0.4, -0.2) is 41.9 Å². The van der Waals surface area contributed by atoms with E-state index >= 15 is 0 Å². The molecule has 0 saturated carbocycles. The number of amides is 2. The minimum atomic E-state index is -1.02. The molecule has 140 valence electrons. The van der Waals surface area contributed by atoms with Gasteiger partial charge in [0, 0.05) is 6.42 Å². The van der Waals surface area contributed by atoms with Crippen LogP contribution in [0.4, 0.5) is 4.39 Å². The van der Waals surface area contributed by atoms with Gasteiger partial charge in [0.15, 0.2) is 0 Å². The molecule has 2 aromatic carbocycles. The quantitative estimate of drug-likeness (QED) is 0.425. The largest absolute Gasteiger partial charge is 0.493 e. The van der Waals surface area contributed by atoms with E-state index in [2.05, 4.69) is 0 Å². The molecule has 1 atom stereocenters. The predicted molar refractivity (Wildman–Crippen MR) is 93.9 cm³/mol. The number of esters is 1. The molecule has 7 heteroatoms. The highest BCUT2D eigenvalue weighted by Gasteiger charge is 2.41. The average Bonchev–Trinajstić information content (AvgIpc) is 2.93. The molecule has 0 radical (unpaired) electrons. The molecule has 2 aromatic rings. The molecule has 0 fully saturated rings. The van der Waals surface area contributed by atoms with E-state index in [1.807, 2.05) is 0 Å². The van der Waals surface area contributed by atoms with Crippen molar-refractivity contribution in [2.24, 2.45) is 0 Å². The Morgan fingerprint density at radius 1 is 1.00 bits per heavy atom. The number of fused-ring (bicyclic) bond motifs is 1. The molecule has 0 aromatic heterocycles. The van der Waals surface area contributed by atoms with Crippen molar-refractivity contribution in [3.05, 3.63) is 65.5 Å². The lowest BCUT2D eigenvalue weighted by Crippen LogP contribution is -2.43. The van der Waals surface area contributed by atoms with Crippen molar-refractivity contribution in [2.75, 3.05) is 13.2 Å². The number of carbonyl (C=O) groups excluding carboxylic acids is 3. The minimum absolute atomic E-state index is 0.0769. The van der Waals surface area contributed by atoms with Gasteiger partial charge in [-0.15, -0.1) is 0 Å². The Morgan fingerprint density at radius 2 is 1.59 bits per heavy atom. The Balaban J connectivity index is 1.46. The molecule has 0 bridgehead atoms. The number of carbonyl (C=O) groups is 3. The third-order valence-corrected chi connectivity index (χ3v) is 4.17. The van der Waals surface area contributed by atoms with E-state index in [0.717, 1.165) is 4.90 Å². The van der Waals surface area contributed by atoms with Crippen LogP contribution in [0.5, 0.6) is 5.75 Å². The second-order valence-electron chi connectivity index (χ2n) is 6.03. The molecule has 1 aliphatic rings. The van der Waals surface area contributed by atoms with Crippen LogP contribution in [0.2, 0.25) is 0 Å². The van der Waals surface area contributed by atoms with Gasteiger partial charge >= 0.3 is 5.97 Å². The number of benzene rings is 2. The molecule has 1 heterocycles. The lowest BCUT2D eigenvalue weighted by atomic mass is 10.1. The molecular weight excluding hydrogens is 353 g/mol. The van der Waals surface area contributed by atoms with Crippen molar-refractivity contribution in [1.82, 2.24) is 4.90 Å². The molecule has 2 amide bonds. The molecule has 0 N–H and O–H groups in total. The summed E-state index contributed by atoms with van der Waals surface area (Å²) in [6.45, 7) is 1.81. The molecule has 0 aliphatic carbocycles. The van der Waals surface area contributed by atoms with Gasteiger partial charge in [0.1, 0.15) is 17.6 Å². The number of hydrogen-bond donors (Lipinski definition) is 0. The monoisotopic (exact) mass is 371 g/mol. The third-order valence-electron chi connectivity index (χ3n) is 4.17. The zero-order chi connectivity index (χ0) is 19.4. The molecule has 0 unspecified atom stereocenters. The maximum absolute atomic E-state index is 12.8. The van der Waals surface area contributed by atoms with Crippen LogP contribution >= 0.6 is 0 Å². The molecule has 6 nitrogen and oxygen atoms in total. The van der Waals surface area contributed by atoms with Crippen LogP contribution in [0.1, 0.15) is 34.1 Å². The zero-order valence-corrected chi connectivity index (χ0v) is 14.7. The van der Waals surface area contributed by atoms with E-state index in [1.54, 1.807) is 24.3 Å². The third kappa shape index (κ3) is 3.97. The highest BCUT2D eigenvalue weighted by atomic mass is 19.1. The number of rotatable bonds is 7. The van der Waals surface area contributed by atoms with Crippen LogP contribution in [0, 0.1) is 5.82 Å². The maximum Gasteiger partial charge on any atom is 0.329 e. The zero-order valence-electron chi connectivity index (χ0n) is 14.7. The summed E-state index contributed by atoms with van der Waals surface area (Å²) in [5.41, 5.74) is 0.574. The topological polar surface area (TPSA) is 72.9 Å². The van der Waals surface area contributed by atoms with Gasteiger partial charge in [-0.25, -0.2) is 9.18 Å². The number of nitrogens with zero attached hydrogens (tertiary/aromatic N) is 1. The predicted octanol–water partition coefficient (Wildman–Crippen LogP) is 2.82. The van der Waals surface area contributed by atoms with Gasteiger partial charge in [-0.05, 0) is 43.3 Å². The van der Waals surface area contributed by atoms with Crippen LogP contribution in [0.3, 0.4) is 0 Å². The van der Waals surface area contributed by atoms with Gasteiger partial charge in [0.05, 0.1) is 24.3 Å². The maximum atomic E-state index is 12.8. The summed E-state index contributed by atoms with van der Waals surface area (Å²) in [6, 6.07) is 11.0. The molecule has 0 saturated heterocycles. The van der Waals surface area contributed by atoms with Gasteiger partial charge in [0.25, 0.3) is 11.8 Å². The fraction of sp³-hybridized carbons (Fsp3) is 0.250. The Hall–Kier alpha value is -3.22. The lowest BCUT2D eigenvalue weighted by molar-refractivity contribution is -0.147. The number of hydrogen-bond acceptors (Lipinski definition) is 5. The minimum Gasteiger partial charge on any atom is -0.493 e. The van der Waals surface area contributed by atoms with Crippen LogP contribution in [-0.2, 0) is 9.53 Å². The fourth-order valence-corrected chi connectivity index (χ4v) is 2.74. The standard InChI is InChI=1S/C20H18FNO5/c1-13(22-18(23)16-5-2-3-6-17(16)19(22)24)20(25)27-12-4-11-26-15-9-7-14(21)8-10-15/h2-3,5-10,13H,4,11-12H2,1H3/t13-/m0/s1. The van der Waals surface area contributed by atoms with E-state index in [4.69, 9.17) is 9.47 Å². The summed E-state index contributed by atoms with van der Waals surface area (Å²) >= 11 is 0. The van der Waals surface area contributed by atoms with Gasteiger partial charge in [0.2, 0.25) is 0 Å². The second-order valence-corrected chi connectivity index (χ2v) is 6.03. The normalized spacial score (nSPS) is 14.1. The number of ether oxygens (including phenoxy) is 2. The first kappa shape index (κ1) is 18.6. The van der Waals surface area contributed by atoms with Gasteiger partial charge in [-0.2, -0.15) is 0 Å². The number of halogens is 1. The van der Waals surface area contributed by atoms with E-state index in [1.165, 1.54) is 31.2 Å². The van der Waals surface area contributed by atoms with Crippen LogP contribution in [0.15, 0.2) is 48.5 Å². The van der Waals surface area contributed by atoms with Crippen molar-refractivity contribution in [1.29, 1.82) is 0 Å². The van der Waals surface area contributed by atoms with Crippen molar-refractivity contribution in [3.8, 4) is 5.75 Å². The first-order valence-electron chi connectivity index (χ1n) is 8.51. The number of imide groups is 1. The summed E-state index contributed by atoms with van der Waals surface area (Å²) < 4.78 is 23.3. The van der Waals surface area contributed by atoms with Crippen LogP contribution < -0.4 is 4.74 Å². The highest BCUT2D eigenvalue weighted by molar-refractivity contribution is 6.22. The SMILES string of the molecule is C[C@@H](C(=O)OCCCOc1ccc(F)cc1)N1C(=O)c2ccccc2C1=O.